The van der Waals surface area contributed by atoms with Crippen molar-refractivity contribution in [1.82, 2.24) is 14.7 Å². The number of likely N-dealkylation sites (tertiary alicyclic amines) is 1. The highest BCUT2D eigenvalue weighted by Crippen LogP contribution is 2.28. The van der Waals surface area contributed by atoms with Crippen molar-refractivity contribution in [2.45, 2.75) is 64.0 Å². The second-order valence-electron chi connectivity index (χ2n) is 6.95. The molecular formula is C18H25N5O2. The first-order valence-electron chi connectivity index (χ1n) is 9.18. The minimum atomic E-state index is -0.306. The summed E-state index contributed by atoms with van der Waals surface area (Å²) in [6.45, 7) is 1.02. The SMILES string of the molecule is N#CCCn1ccc(NC(=O)[C@@H]2CC(=O)N(C3CCCCCC3)C2)n1. The molecule has 1 aliphatic carbocycles. The highest BCUT2D eigenvalue weighted by Gasteiger charge is 2.38. The maximum Gasteiger partial charge on any atom is 0.230 e. The fraction of sp³-hybridized carbons (Fsp3) is 0.667. The number of carbonyl (C=O) groups excluding carboxylic acids is 2. The van der Waals surface area contributed by atoms with E-state index in [1.165, 1.54) is 25.7 Å². The Balaban J connectivity index is 1.55. The number of hydrogen-bond acceptors (Lipinski definition) is 4. The van der Waals surface area contributed by atoms with Gasteiger partial charge in [-0.05, 0) is 12.8 Å². The van der Waals surface area contributed by atoms with Crippen LogP contribution >= 0.6 is 0 Å². The van der Waals surface area contributed by atoms with Gasteiger partial charge in [-0.2, -0.15) is 10.4 Å². The number of amides is 2. The highest BCUT2D eigenvalue weighted by atomic mass is 16.2. The van der Waals surface area contributed by atoms with Gasteiger partial charge in [0.05, 0.1) is 25.0 Å². The van der Waals surface area contributed by atoms with Gasteiger partial charge in [-0.15, -0.1) is 0 Å². The molecule has 1 aliphatic heterocycles. The van der Waals surface area contributed by atoms with E-state index in [4.69, 9.17) is 5.26 Å². The van der Waals surface area contributed by atoms with Crippen LogP contribution < -0.4 is 5.32 Å². The summed E-state index contributed by atoms with van der Waals surface area (Å²) >= 11 is 0. The van der Waals surface area contributed by atoms with E-state index >= 15 is 0 Å². The predicted octanol–water partition coefficient (Wildman–Crippen LogP) is 2.31. The van der Waals surface area contributed by atoms with E-state index in [0.717, 1.165) is 12.8 Å². The van der Waals surface area contributed by atoms with Crippen molar-refractivity contribution < 1.29 is 9.59 Å². The van der Waals surface area contributed by atoms with Gasteiger partial charge in [0.2, 0.25) is 11.8 Å². The highest BCUT2D eigenvalue weighted by molar-refractivity contribution is 5.96. The van der Waals surface area contributed by atoms with Crippen LogP contribution in [0.3, 0.4) is 0 Å². The molecule has 0 spiro atoms. The molecule has 2 fully saturated rings. The molecule has 2 aliphatic rings. The topological polar surface area (TPSA) is 91.0 Å². The van der Waals surface area contributed by atoms with Gasteiger partial charge < -0.3 is 10.2 Å². The largest absolute Gasteiger partial charge is 0.339 e. The summed E-state index contributed by atoms with van der Waals surface area (Å²) in [6.07, 6.45) is 9.36. The Morgan fingerprint density at radius 1 is 1.32 bits per heavy atom. The number of aromatic nitrogens is 2. The molecule has 7 heteroatoms. The van der Waals surface area contributed by atoms with Crippen LogP contribution in [0.5, 0.6) is 0 Å². The average molecular weight is 343 g/mol. The molecule has 0 unspecified atom stereocenters. The summed E-state index contributed by atoms with van der Waals surface area (Å²) in [5, 5.41) is 15.6. The number of nitriles is 1. The van der Waals surface area contributed by atoms with Crippen LogP contribution in [0.2, 0.25) is 0 Å². The molecule has 3 rings (SSSR count). The molecule has 1 saturated carbocycles. The third kappa shape index (κ3) is 4.38. The molecule has 1 aromatic heterocycles. The molecule has 2 heterocycles. The molecule has 0 aromatic carbocycles. The van der Waals surface area contributed by atoms with Crippen molar-refractivity contribution in [2.24, 2.45) is 5.92 Å². The number of anilines is 1. The lowest BCUT2D eigenvalue weighted by Crippen LogP contribution is -2.37. The lowest BCUT2D eigenvalue weighted by Gasteiger charge is -2.27. The molecule has 0 radical (unpaired) electrons. The van der Waals surface area contributed by atoms with Crippen molar-refractivity contribution in [3.05, 3.63) is 12.3 Å². The summed E-state index contributed by atoms with van der Waals surface area (Å²) < 4.78 is 1.64. The Bertz CT molecular complexity index is 655. The van der Waals surface area contributed by atoms with Gasteiger partial charge in [0.25, 0.3) is 0 Å². The maximum atomic E-state index is 12.5. The maximum absolute atomic E-state index is 12.5. The zero-order valence-corrected chi connectivity index (χ0v) is 14.5. The van der Waals surface area contributed by atoms with Gasteiger partial charge in [-0.1, -0.05) is 25.7 Å². The quantitative estimate of drug-likeness (QED) is 0.831. The number of nitrogens with one attached hydrogen (secondary N) is 1. The van der Waals surface area contributed by atoms with Crippen LogP contribution in [0.1, 0.15) is 51.4 Å². The first kappa shape index (κ1) is 17.5. The van der Waals surface area contributed by atoms with Crippen molar-refractivity contribution in [2.75, 3.05) is 11.9 Å². The minimum Gasteiger partial charge on any atom is -0.339 e. The van der Waals surface area contributed by atoms with E-state index in [0.29, 0.717) is 31.4 Å². The Kier molecular flexibility index (Phi) is 5.69. The number of hydrogen-bond donors (Lipinski definition) is 1. The lowest BCUT2D eigenvalue weighted by atomic mass is 10.1. The minimum absolute atomic E-state index is 0.103. The summed E-state index contributed by atoms with van der Waals surface area (Å²) in [5.74, 6) is 0.130. The molecule has 0 bridgehead atoms. The fourth-order valence-corrected chi connectivity index (χ4v) is 3.78. The molecule has 1 saturated heterocycles. The monoisotopic (exact) mass is 343 g/mol. The molecule has 1 atom stereocenters. The molecule has 134 valence electrons. The smallest absolute Gasteiger partial charge is 0.230 e. The Morgan fingerprint density at radius 3 is 2.80 bits per heavy atom. The predicted molar refractivity (Wildman–Crippen MR) is 92.4 cm³/mol. The van der Waals surface area contributed by atoms with Gasteiger partial charge in [-0.25, -0.2) is 0 Å². The Morgan fingerprint density at radius 2 is 2.08 bits per heavy atom. The van der Waals surface area contributed by atoms with Crippen LogP contribution in [0.4, 0.5) is 5.82 Å². The van der Waals surface area contributed by atoms with Gasteiger partial charge >= 0.3 is 0 Å². The third-order valence-corrected chi connectivity index (χ3v) is 5.14. The first-order valence-corrected chi connectivity index (χ1v) is 9.18. The zero-order chi connectivity index (χ0) is 17.6. The van der Waals surface area contributed by atoms with Crippen molar-refractivity contribution >= 4 is 17.6 Å². The fourth-order valence-electron chi connectivity index (χ4n) is 3.78. The second kappa shape index (κ2) is 8.15. The third-order valence-electron chi connectivity index (χ3n) is 5.14. The lowest BCUT2D eigenvalue weighted by molar-refractivity contribution is -0.130. The van der Waals surface area contributed by atoms with Crippen LogP contribution in [0.25, 0.3) is 0 Å². The van der Waals surface area contributed by atoms with E-state index in [1.54, 1.807) is 16.9 Å². The van der Waals surface area contributed by atoms with Gasteiger partial charge in [0, 0.05) is 31.3 Å². The summed E-state index contributed by atoms with van der Waals surface area (Å²) in [5.41, 5.74) is 0. The van der Waals surface area contributed by atoms with Crippen molar-refractivity contribution in [1.29, 1.82) is 5.26 Å². The molecule has 25 heavy (non-hydrogen) atoms. The second-order valence-corrected chi connectivity index (χ2v) is 6.95. The molecular weight excluding hydrogens is 318 g/mol. The standard InChI is InChI=1S/C18H25N5O2/c19-9-5-10-22-11-8-16(21-22)20-18(25)14-12-17(24)23(13-14)15-6-3-1-2-4-7-15/h8,11,14-15H,1-7,10,12-13H2,(H,20,21,25)/t14-/m1/s1. The number of aryl methyl sites for hydroxylation is 1. The van der Waals surface area contributed by atoms with E-state index in [9.17, 15) is 9.59 Å². The van der Waals surface area contributed by atoms with Crippen LogP contribution in [0.15, 0.2) is 12.3 Å². The van der Waals surface area contributed by atoms with E-state index in [-0.39, 0.29) is 24.2 Å². The van der Waals surface area contributed by atoms with Crippen molar-refractivity contribution in [3.63, 3.8) is 0 Å². The van der Waals surface area contributed by atoms with Crippen LogP contribution in [-0.2, 0) is 16.1 Å². The van der Waals surface area contributed by atoms with Gasteiger partial charge in [0.1, 0.15) is 0 Å². The van der Waals surface area contributed by atoms with E-state index in [2.05, 4.69) is 16.5 Å². The number of nitrogens with zero attached hydrogens (tertiary/aromatic N) is 4. The molecule has 2 amide bonds. The summed E-state index contributed by atoms with van der Waals surface area (Å²) in [7, 11) is 0. The summed E-state index contributed by atoms with van der Waals surface area (Å²) in [6, 6.07) is 4.09. The number of rotatable bonds is 5. The molecule has 1 aromatic rings. The van der Waals surface area contributed by atoms with Gasteiger partial charge in [0.15, 0.2) is 5.82 Å². The van der Waals surface area contributed by atoms with Crippen molar-refractivity contribution in [3.8, 4) is 6.07 Å². The first-order chi connectivity index (χ1) is 12.2. The average Bonchev–Trinajstić information content (AvgIpc) is 3.11. The van der Waals surface area contributed by atoms with Gasteiger partial charge in [-0.3, -0.25) is 14.3 Å². The number of carbonyl (C=O) groups is 2. The summed E-state index contributed by atoms with van der Waals surface area (Å²) in [4.78, 5) is 26.8. The normalized spacial score (nSPS) is 21.8. The molecule has 1 N–H and O–H groups in total. The van der Waals surface area contributed by atoms with Crippen LogP contribution in [-0.4, -0.2) is 39.1 Å². The molecule has 7 nitrogen and oxygen atoms in total. The van der Waals surface area contributed by atoms with E-state index < -0.39 is 0 Å². The zero-order valence-electron chi connectivity index (χ0n) is 14.5. The Hall–Kier alpha value is -2.36. The van der Waals surface area contributed by atoms with Crippen LogP contribution in [0, 0.1) is 17.2 Å². The Labute approximate surface area is 148 Å². The van der Waals surface area contributed by atoms with E-state index in [1.807, 2.05) is 4.90 Å².